The van der Waals surface area contributed by atoms with Gasteiger partial charge in [-0.15, -0.1) is 0 Å². The van der Waals surface area contributed by atoms with E-state index in [2.05, 4.69) is 10.1 Å². The zero-order chi connectivity index (χ0) is 26.0. The molecule has 0 saturated heterocycles. The Kier molecular flexibility index (Phi) is 7.50. The van der Waals surface area contributed by atoms with Gasteiger partial charge in [0.2, 0.25) is 0 Å². The fraction of sp³-hybridized carbons (Fsp3) is 0.238. The number of amides is 1. The largest absolute Gasteiger partial charge is 0.466 e. The highest BCUT2D eigenvalue weighted by Gasteiger charge is 2.35. The molecule has 0 spiro atoms. The molecule has 1 aliphatic rings. The van der Waals surface area contributed by atoms with Crippen molar-refractivity contribution in [1.29, 1.82) is 0 Å². The Labute approximate surface area is 201 Å². The maximum absolute atomic E-state index is 12.7. The maximum Gasteiger partial charge on any atom is 0.339 e. The Bertz CT molecular complexity index is 1400. The summed E-state index contributed by atoms with van der Waals surface area (Å²) in [4.78, 5) is 25.0. The molecule has 0 bridgehead atoms. The first-order chi connectivity index (χ1) is 16.4. The van der Waals surface area contributed by atoms with Crippen LogP contribution in [0.5, 0.6) is 5.75 Å². The van der Waals surface area contributed by atoms with Crippen LogP contribution >= 0.6 is 0 Å². The number of hydrogen-bond acceptors (Lipinski definition) is 10. The summed E-state index contributed by atoms with van der Waals surface area (Å²) < 4.78 is 68.6. The Balaban J connectivity index is 2.00. The van der Waals surface area contributed by atoms with Crippen molar-refractivity contribution in [2.75, 3.05) is 32.1 Å². The molecular formula is C21H22N2O10S2. The molecule has 0 saturated carbocycles. The number of aliphatic hydroxyl groups excluding tert-OH is 1. The van der Waals surface area contributed by atoms with Crippen LogP contribution in [0.1, 0.15) is 5.56 Å². The minimum atomic E-state index is -4.95. The molecular weight excluding hydrogens is 504 g/mol. The Morgan fingerprint density at radius 1 is 1.11 bits per heavy atom. The molecule has 3 N–H and O–H groups in total. The number of anilines is 1. The lowest BCUT2D eigenvalue weighted by atomic mass is 10.2. The average Bonchev–Trinajstić information content (AvgIpc) is 3.09. The minimum absolute atomic E-state index is 0.0979. The highest BCUT2D eigenvalue weighted by molar-refractivity contribution is 7.87. The molecule has 2 aromatic carbocycles. The second-order valence-electron chi connectivity index (χ2n) is 7.40. The fourth-order valence-corrected chi connectivity index (χ4v) is 4.82. The normalized spacial score (nSPS) is 14.3. The van der Waals surface area contributed by atoms with Crippen LogP contribution < -0.4 is 9.50 Å². The number of nitrogens with one attached hydrogen (secondary N) is 1. The summed E-state index contributed by atoms with van der Waals surface area (Å²) in [7, 11) is -8.18. The molecule has 0 atom stereocenters. The number of methoxy groups -OCH3 is 1. The van der Waals surface area contributed by atoms with Crippen LogP contribution in [0.25, 0.3) is 0 Å². The number of benzene rings is 2. The number of carbonyl (C=O) groups excluding carboxylic acids is 2. The third kappa shape index (κ3) is 5.79. The van der Waals surface area contributed by atoms with Gasteiger partial charge in [-0.1, -0.05) is 17.7 Å². The van der Waals surface area contributed by atoms with E-state index in [1.165, 1.54) is 12.1 Å². The Hall–Kier alpha value is -3.46. The van der Waals surface area contributed by atoms with Crippen molar-refractivity contribution >= 4 is 37.8 Å². The van der Waals surface area contributed by atoms with Crippen molar-refractivity contribution in [3.05, 3.63) is 59.3 Å². The fourth-order valence-electron chi connectivity index (χ4n) is 3.23. The quantitative estimate of drug-likeness (QED) is 0.238. The summed E-state index contributed by atoms with van der Waals surface area (Å²) in [5, 5.41) is 11.7. The molecule has 0 unspecified atom stereocenters. The van der Waals surface area contributed by atoms with E-state index in [-0.39, 0.29) is 41.5 Å². The average molecular weight is 527 g/mol. The van der Waals surface area contributed by atoms with Crippen molar-refractivity contribution < 1.29 is 45.0 Å². The van der Waals surface area contributed by atoms with Crippen molar-refractivity contribution in [2.24, 2.45) is 0 Å². The van der Waals surface area contributed by atoms with Crippen molar-refractivity contribution in [2.45, 2.75) is 16.7 Å². The molecule has 35 heavy (non-hydrogen) atoms. The smallest absolute Gasteiger partial charge is 0.339 e. The molecule has 0 radical (unpaired) electrons. The first-order valence-electron chi connectivity index (χ1n) is 9.98. The standard InChI is InChI=1S/C21H22N2O10S2/c1-13-3-6-15(7-4-13)35(30,31)33-14-5-8-17(18(11-14)34(27,28)29)22-19-16(21(26)32-2)12-23(9-10-24)20(19)25/h3-8,11,22,24H,9-10,12H2,1-2H3,(H,27,28,29). The number of nitrogens with zero attached hydrogens (tertiary/aromatic N) is 1. The SMILES string of the molecule is COC(=O)C1=C(Nc2ccc(OS(=O)(=O)c3ccc(C)cc3)cc2S(=O)(=O)O)C(=O)N(CCO)C1. The van der Waals surface area contributed by atoms with Gasteiger partial charge in [0.1, 0.15) is 21.2 Å². The van der Waals surface area contributed by atoms with E-state index in [4.69, 9.17) is 9.29 Å². The van der Waals surface area contributed by atoms with E-state index in [9.17, 15) is 31.0 Å². The molecule has 188 valence electrons. The van der Waals surface area contributed by atoms with E-state index in [1.807, 2.05) is 0 Å². The van der Waals surface area contributed by atoms with E-state index in [0.717, 1.165) is 35.8 Å². The summed E-state index contributed by atoms with van der Waals surface area (Å²) in [6.07, 6.45) is 0. The van der Waals surface area contributed by atoms with Crippen LogP contribution in [-0.2, 0) is 34.6 Å². The summed E-state index contributed by atoms with van der Waals surface area (Å²) >= 11 is 0. The molecule has 1 heterocycles. The first-order valence-corrected chi connectivity index (χ1v) is 12.8. The third-order valence-corrected chi connectivity index (χ3v) is 7.11. The van der Waals surface area contributed by atoms with Crippen molar-refractivity contribution in [3.8, 4) is 5.75 Å². The second-order valence-corrected chi connectivity index (χ2v) is 10.3. The van der Waals surface area contributed by atoms with E-state index in [1.54, 1.807) is 19.1 Å². The molecule has 0 aliphatic carbocycles. The number of ether oxygens (including phenoxy) is 1. The van der Waals surface area contributed by atoms with E-state index < -0.39 is 42.8 Å². The number of esters is 1. The molecule has 14 heteroatoms. The molecule has 1 aliphatic heterocycles. The van der Waals surface area contributed by atoms with Crippen LogP contribution in [0.4, 0.5) is 5.69 Å². The predicted octanol–water partition coefficient (Wildman–Crippen LogP) is 0.683. The Morgan fingerprint density at radius 2 is 1.77 bits per heavy atom. The van der Waals surface area contributed by atoms with Crippen LogP contribution in [-0.4, -0.2) is 70.1 Å². The number of hydrogen-bond donors (Lipinski definition) is 3. The van der Waals surface area contributed by atoms with Gasteiger partial charge in [-0.2, -0.15) is 16.8 Å². The molecule has 3 rings (SSSR count). The van der Waals surface area contributed by atoms with Gasteiger partial charge in [-0.3, -0.25) is 9.35 Å². The molecule has 1 amide bonds. The van der Waals surface area contributed by atoms with Crippen molar-refractivity contribution in [3.63, 3.8) is 0 Å². The van der Waals surface area contributed by atoms with Crippen LogP contribution in [0.2, 0.25) is 0 Å². The highest BCUT2D eigenvalue weighted by atomic mass is 32.2. The van der Waals surface area contributed by atoms with Crippen LogP contribution in [0, 0.1) is 6.92 Å². The number of carbonyl (C=O) groups is 2. The summed E-state index contributed by atoms with van der Waals surface area (Å²) in [6.45, 7) is 1.08. The number of aliphatic hydroxyl groups is 1. The van der Waals surface area contributed by atoms with Gasteiger partial charge in [0.15, 0.2) is 0 Å². The third-order valence-electron chi connectivity index (χ3n) is 4.96. The topological polar surface area (TPSA) is 177 Å². The molecule has 12 nitrogen and oxygen atoms in total. The van der Waals surface area contributed by atoms with E-state index in [0.29, 0.717) is 0 Å². The zero-order valence-electron chi connectivity index (χ0n) is 18.6. The number of rotatable bonds is 9. The van der Waals surface area contributed by atoms with Gasteiger partial charge in [0.25, 0.3) is 16.0 Å². The van der Waals surface area contributed by atoms with Gasteiger partial charge in [-0.05, 0) is 31.2 Å². The lowest BCUT2D eigenvalue weighted by Gasteiger charge is -2.16. The predicted molar refractivity (Wildman–Crippen MR) is 122 cm³/mol. The summed E-state index contributed by atoms with van der Waals surface area (Å²) in [5.74, 6) is -2.01. The van der Waals surface area contributed by atoms with Gasteiger partial charge in [-0.25, -0.2) is 4.79 Å². The Morgan fingerprint density at radius 3 is 2.34 bits per heavy atom. The van der Waals surface area contributed by atoms with Gasteiger partial charge < -0.3 is 24.2 Å². The monoisotopic (exact) mass is 526 g/mol. The maximum atomic E-state index is 12.7. The van der Waals surface area contributed by atoms with E-state index >= 15 is 0 Å². The van der Waals surface area contributed by atoms with Crippen LogP contribution in [0.3, 0.4) is 0 Å². The molecule has 0 fully saturated rings. The van der Waals surface area contributed by atoms with Crippen LogP contribution in [0.15, 0.2) is 63.5 Å². The lowest BCUT2D eigenvalue weighted by Crippen LogP contribution is -2.31. The highest BCUT2D eigenvalue weighted by Crippen LogP contribution is 2.31. The molecule has 0 aromatic heterocycles. The second kappa shape index (κ2) is 10.0. The van der Waals surface area contributed by atoms with Crippen molar-refractivity contribution in [1.82, 2.24) is 4.90 Å². The minimum Gasteiger partial charge on any atom is -0.466 e. The number of aryl methyl sites for hydroxylation is 1. The van der Waals surface area contributed by atoms with Gasteiger partial charge in [0.05, 0.1) is 31.5 Å². The van der Waals surface area contributed by atoms with Gasteiger partial charge in [0, 0.05) is 12.6 Å². The number of β-amino-alcohol motifs (C(OH)–C–C–N with tert-alkyl or cyclic N) is 1. The summed E-state index contributed by atoms with van der Waals surface area (Å²) in [5.41, 5.74) is 0.0292. The van der Waals surface area contributed by atoms with Gasteiger partial charge >= 0.3 is 16.1 Å². The zero-order valence-corrected chi connectivity index (χ0v) is 20.2. The summed E-state index contributed by atoms with van der Waals surface area (Å²) in [6, 6.07) is 8.66. The lowest BCUT2D eigenvalue weighted by molar-refractivity contribution is -0.136. The molecule has 2 aromatic rings. The first kappa shape index (κ1) is 26.2.